The second kappa shape index (κ2) is 6.31. The lowest BCUT2D eigenvalue weighted by Gasteiger charge is -2.10. The van der Waals surface area contributed by atoms with Crippen LogP contribution in [0.4, 0.5) is 0 Å². The number of carbonyl (C=O) groups is 1. The third kappa shape index (κ3) is 3.39. The van der Waals surface area contributed by atoms with Gasteiger partial charge in [-0.3, -0.25) is 9.78 Å². The highest BCUT2D eigenvalue weighted by Gasteiger charge is 2.19. The summed E-state index contributed by atoms with van der Waals surface area (Å²) in [4.78, 5) is 15.9. The Morgan fingerprint density at radius 3 is 2.53 bits per heavy atom. The standard InChI is InChI=1S/C15H13N3O/c16-10-14(13-4-2-1-3-5-13)15(19)18-11-12-6-8-17-9-7-12/h1-9,14H,11H2,(H,18,19). The number of carbonyl (C=O) groups excluding carboxylic acids is 1. The Bertz CT molecular complexity index is 575. The minimum atomic E-state index is -0.775. The molecular weight excluding hydrogens is 238 g/mol. The zero-order chi connectivity index (χ0) is 13.5. The number of amides is 1. The predicted octanol–water partition coefficient (Wildman–Crippen LogP) is 2.01. The Morgan fingerprint density at radius 1 is 1.21 bits per heavy atom. The second-order valence-electron chi connectivity index (χ2n) is 4.05. The van der Waals surface area contributed by atoms with Crippen molar-refractivity contribution in [2.24, 2.45) is 0 Å². The average Bonchev–Trinajstić information content (AvgIpc) is 2.48. The van der Waals surface area contributed by atoms with Gasteiger partial charge in [0.2, 0.25) is 5.91 Å². The molecule has 0 aliphatic rings. The average molecular weight is 251 g/mol. The van der Waals surface area contributed by atoms with Crippen molar-refractivity contribution in [3.05, 3.63) is 66.0 Å². The molecule has 19 heavy (non-hydrogen) atoms. The van der Waals surface area contributed by atoms with Crippen molar-refractivity contribution >= 4 is 5.91 Å². The fourth-order valence-electron chi connectivity index (χ4n) is 1.72. The van der Waals surface area contributed by atoms with Gasteiger partial charge in [-0.05, 0) is 23.3 Å². The van der Waals surface area contributed by atoms with E-state index in [2.05, 4.69) is 10.3 Å². The summed E-state index contributed by atoms with van der Waals surface area (Å²) in [5.41, 5.74) is 1.66. The van der Waals surface area contributed by atoms with Crippen molar-refractivity contribution in [1.82, 2.24) is 10.3 Å². The Kier molecular flexibility index (Phi) is 4.25. The molecule has 1 heterocycles. The van der Waals surface area contributed by atoms with Gasteiger partial charge in [-0.15, -0.1) is 0 Å². The zero-order valence-electron chi connectivity index (χ0n) is 10.3. The van der Waals surface area contributed by atoms with E-state index in [0.29, 0.717) is 12.1 Å². The maximum atomic E-state index is 12.0. The van der Waals surface area contributed by atoms with Crippen LogP contribution < -0.4 is 5.32 Å². The minimum absolute atomic E-state index is 0.287. The highest BCUT2D eigenvalue weighted by molar-refractivity contribution is 5.86. The van der Waals surface area contributed by atoms with Crippen LogP contribution in [0.2, 0.25) is 0 Å². The molecule has 0 fully saturated rings. The van der Waals surface area contributed by atoms with E-state index in [1.54, 1.807) is 24.5 Å². The van der Waals surface area contributed by atoms with Crippen molar-refractivity contribution in [3.8, 4) is 6.07 Å². The maximum absolute atomic E-state index is 12.0. The minimum Gasteiger partial charge on any atom is -0.351 e. The summed E-state index contributed by atoms with van der Waals surface area (Å²) in [7, 11) is 0. The van der Waals surface area contributed by atoms with Gasteiger partial charge in [0, 0.05) is 18.9 Å². The molecule has 4 heteroatoms. The second-order valence-corrected chi connectivity index (χ2v) is 4.05. The van der Waals surface area contributed by atoms with Gasteiger partial charge in [-0.25, -0.2) is 0 Å². The first-order chi connectivity index (χ1) is 9.31. The fourth-order valence-corrected chi connectivity index (χ4v) is 1.72. The quantitative estimate of drug-likeness (QED) is 0.903. The molecular formula is C15H13N3O. The molecule has 1 amide bonds. The maximum Gasteiger partial charge on any atom is 0.242 e. The molecule has 2 aromatic rings. The lowest BCUT2D eigenvalue weighted by atomic mass is 10.00. The van der Waals surface area contributed by atoms with E-state index in [1.807, 2.05) is 36.4 Å². The molecule has 1 N–H and O–H groups in total. The number of hydrogen-bond donors (Lipinski definition) is 1. The Labute approximate surface area is 111 Å². The van der Waals surface area contributed by atoms with Gasteiger partial charge in [0.05, 0.1) is 6.07 Å². The number of benzene rings is 1. The summed E-state index contributed by atoms with van der Waals surface area (Å²) in [5.74, 6) is -1.06. The number of rotatable bonds is 4. The van der Waals surface area contributed by atoms with Gasteiger partial charge < -0.3 is 5.32 Å². The van der Waals surface area contributed by atoms with Crippen LogP contribution in [0.1, 0.15) is 17.0 Å². The van der Waals surface area contributed by atoms with Crippen LogP contribution in [0.15, 0.2) is 54.9 Å². The van der Waals surface area contributed by atoms with Crippen LogP contribution >= 0.6 is 0 Å². The number of nitrogens with one attached hydrogen (secondary N) is 1. The number of nitriles is 1. The van der Waals surface area contributed by atoms with Crippen molar-refractivity contribution < 1.29 is 4.79 Å². The van der Waals surface area contributed by atoms with E-state index in [4.69, 9.17) is 5.26 Å². The van der Waals surface area contributed by atoms with Gasteiger partial charge in [0.15, 0.2) is 0 Å². The summed E-state index contributed by atoms with van der Waals surface area (Å²) >= 11 is 0. The Balaban J connectivity index is 2.01. The van der Waals surface area contributed by atoms with Gasteiger partial charge in [-0.1, -0.05) is 30.3 Å². The summed E-state index contributed by atoms with van der Waals surface area (Å²) < 4.78 is 0. The number of pyridine rings is 1. The molecule has 4 nitrogen and oxygen atoms in total. The molecule has 0 radical (unpaired) electrons. The third-order valence-electron chi connectivity index (χ3n) is 2.74. The van der Waals surface area contributed by atoms with Crippen LogP contribution in [0.25, 0.3) is 0 Å². The Morgan fingerprint density at radius 2 is 1.89 bits per heavy atom. The molecule has 0 bridgehead atoms. The number of aromatic nitrogens is 1. The van der Waals surface area contributed by atoms with E-state index in [0.717, 1.165) is 5.56 Å². The fraction of sp³-hybridized carbons (Fsp3) is 0.133. The van der Waals surface area contributed by atoms with Crippen molar-refractivity contribution in [2.75, 3.05) is 0 Å². The van der Waals surface area contributed by atoms with Gasteiger partial charge in [0.25, 0.3) is 0 Å². The SMILES string of the molecule is N#CC(C(=O)NCc1ccncc1)c1ccccc1. The van der Waals surface area contributed by atoms with E-state index < -0.39 is 5.92 Å². The van der Waals surface area contributed by atoms with Gasteiger partial charge >= 0.3 is 0 Å². The molecule has 1 atom stereocenters. The summed E-state index contributed by atoms with van der Waals surface area (Å²) in [6.07, 6.45) is 3.33. The molecule has 0 aliphatic heterocycles. The largest absolute Gasteiger partial charge is 0.351 e. The third-order valence-corrected chi connectivity index (χ3v) is 2.74. The highest BCUT2D eigenvalue weighted by atomic mass is 16.1. The van der Waals surface area contributed by atoms with Crippen molar-refractivity contribution in [1.29, 1.82) is 5.26 Å². The summed E-state index contributed by atoms with van der Waals surface area (Å²) in [6.45, 7) is 0.395. The van der Waals surface area contributed by atoms with E-state index in [-0.39, 0.29) is 5.91 Å². The molecule has 2 rings (SSSR count). The van der Waals surface area contributed by atoms with Gasteiger partial charge in [-0.2, -0.15) is 5.26 Å². The molecule has 0 aliphatic carbocycles. The van der Waals surface area contributed by atoms with E-state index in [9.17, 15) is 4.79 Å². The van der Waals surface area contributed by atoms with Crippen LogP contribution in [0.3, 0.4) is 0 Å². The number of nitrogens with zero attached hydrogens (tertiary/aromatic N) is 2. The molecule has 1 aromatic heterocycles. The van der Waals surface area contributed by atoms with E-state index in [1.165, 1.54) is 0 Å². The molecule has 0 saturated carbocycles. The molecule has 0 saturated heterocycles. The van der Waals surface area contributed by atoms with Gasteiger partial charge in [0.1, 0.15) is 5.92 Å². The smallest absolute Gasteiger partial charge is 0.242 e. The van der Waals surface area contributed by atoms with Crippen molar-refractivity contribution in [3.63, 3.8) is 0 Å². The summed E-state index contributed by atoms with van der Waals surface area (Å²) in [5, 5.41) is 11.9. The van der Waals surface area contributed by atoms with Crippen LogP contribution in [-0.2, 0) is 11.3 Å². The molecule has 94 valence electrons. The molecule has 1 unspecified atom stereocenters. The topological polar surface area (TPSA) is 65.8 Å². The predicted molar refractivity (Wildman–Crippen MR) is 70.9 cm³/mol. The van der Waals surface area contributed by atoms with E-state index >= 15 is 0 Å². The first-order valence-corrected chi connectivity index (χ1v) is 5.92. The monoisotopic (exact) mass is 251 g/mol. The molecule has 0 spiro atoms. The van der Waals surface area contributed by atoms with Crippen LogP contribution in [-0.4, -0.2) is 10.9 Å². The lowest BCUT2D eigenvalue weighted by molar-refractivity contribution is -0.121. The van der Waals surface area contributed by atoms with Crippen LogP contribution in [0, 0.1) is 11.3 Å². The first kappa shape index (κ1) is 12.8. The first-order valence-electron chi connectivity index (χ1n) is 5.92. The van der Waals surface area contributed by atoms with Crippen molar-refractivity contribution in [2.45, 2.75) is 12.5 Å². The highest BCUT2D eigenvalue weighted by Crippen LogP contribution is 2.14. The summed E-state index contributed by atoms with van der Waals surface area (Å²) in [6, 6.07) is 14.7. The molecule has 1 aromatic carbocycles. The normalized spacial score (nSPS) is 11.3. The number of hydrogen-bond acceptors (Lipinski definition) is 3. The van der Waals surface area contributed by atoms with Crippen LogP contribution in [0.5, 0.6) is 0 Å². The zero-order valence-corrected chi connectivity index (χ0v) is 10.3. The lowest BCUT2D eigenvalue weighted by Crippen LogP contribution is -2.28. The Hall–Kier alpha value is -2.67.